The molecular weight excluding hydrogens is 415 g/mol. The number of likely N-dealkylation sites (tertiary alicyclic amines) is 1. The molecule has 0 saturated carbocycles. The van der Waals surface area contributed by atoms with E-state index in [4.69, 9.17) is 9.15 Å². The van der Waals surface area contributed by atoms with Gasteiger partial charge < -0.3 is 14.1 Å². The highest BCUT2D eigenvalue weighted by atomic mass is 19.1. The smallest absolute Gasteiger partial charge is 0.337 e. The van der Waals surface area contributed by atoms with Crippen LogP contribution >= 0.6 is 0 Å². The number of hydrogen-bond acceptors (Lipinski definition) is 6. The molecule has 1 fully saturated rings. The Morgan fingerprint density at radius 3 is 2.44 bits per heavy atom. The Balaban J connectivity index is 1.26. The van der Waals surface area contributed by atoms with E-state index in [0.717, 1.165) is 24.8 Å². The molecule has 2 heterocycles. The maximum atomic E-state index is 13.0. The van der Waals surface area contributed by atoms with Gasteiger partial charge in [-0.1, -0.05) is 17.2 Å². The average Bonchev–Trinajstić information content (AvgIpc) is 3.28. The lowest BCUT2D eigenvalue weighted by molar-refractivity contribution is 0.0600. The van der Waals surface area contributed by atoms with Crippen molar-refractivity contribution in [2.45, 2.75) is 19.3 Å². The molecule has 0 unspecified atom stereocenters. The van der Waals surface area contributed by atoms with E-state index in [0.29, 0.717) is 30.1 Å². The highest BCUT2D eigenvalue weighted by Gasteiger charge is 2.24. The predicted molar refractivity (Wildman–Crippen MR) is 114 cm³/mol. The van der Waals surface area contributed by atoms with Gasteiger partial charge in [-0.25, -0.2) is 14.0 Å². The number of anilines is 1. The molecule has 2 aromatic carbocycles. The molecule has 3 aromatic rings. The van der Waals surface area contributed by atoms with Gasteiger partial charge in [0.05, 0.1) is 12.7 Å². The molecule has 1 N–H and O–H groups in total. The number of carbonyl (C=O) groups excluding carboxylic acids is 2. The molecule has 1 saturated heterocycles. The van der Waals surface area contributed by atoms with Crippen molar-refractivity contribution in [3.8, 4) is 11.5 Å². The quantitative estimate of drug-likeness (QED) is 0.601. The first-order valence-corrected chi connectivity index (χ1v) is 10.3. The van der Waals surface area contributed by atoms with Gasteiger partial charge in [-0.2, -0.15) is 0 Å². The topological polar surface area (TPSA) is 97.6 Å². The molecule has 0 spiro atoms. The van der Waals surface area contributed by atoms with Crippen molar-refractivity contribution in [2.75, 3.05) is 25.5 Å². The summed E-state index contributed by atoms with van der Waals surface area (Å²) in [7, 11) is 1.36. The molecule has 4 rings (SSSR count). The van der Waals surface area contributed by atoms with E-state index in [-0.39, 0.29) is 29.7 Å². The van der Waals surface area contributed by atoms with Crippen LogP contribution < -0.4 is 5.32 Å². The molecule has 8 nitrogen and oxygen atoms in total. The third-order valence-corrected chi connectivity index (χ3v) is 5.53. The van der Waals surface area contributed by atoms with E-state index in [1.54, 1.807) is 17.0 Å². The van der Waals surface area contributed by atoms with Crippen molar-refractivity contribution in [3.63, 3.8) is 0 Å². The summed E-state index contributed by atoms with van der Waals surface area (Å²) in [5.74, 6) is -0.0426. The minimum Gasteiger partial charge on any atom is -0.465 e. The number of nitrogens with one attached hydrogen (secondary N) is 1. The van der Waals surface area contributed by atoms with Crippen LogP contribution in [0.15, 0.2) is 52.9 Å². The number of urea groups is 1. The predicted octanol–water partition coefficient (Wildman–Crippen LogP) is 4.15. The Morgan fingerprint density at radius 2 is 1.78 bits per heavy atom. The Labute approximate surface area is 184 Å². The number of amides is 2. The van der Waals surface area contributed by atoms with Crippen molar-refractivity contribution in [2.24, 2.45) is 5.92 Å². The van der Waals surface area contributed by atoms with Gasteiger partial charge in [0.2, 0.25) is 5.89 Å². The monoisotopic (exact) mass is 438 g/mol. The van der Waals surface area contributed by atoms with E-state index in [1.165, 1.54) is 31.4 Å². The second-order valence-corrected chi connectivity index (χ2v) is 7.67. The molecular formula is C23H23FN4O4. The number of aromatic nitrogens is 2. The van der Waals surface area contributed by atoms with E-state index in [9.17, 15) is 14.0 Å². The molecule has 1 aromatic heterocycles. The fourth-order valence-corrected chi connectivity index (χ4v) is 3.72. The highest BCUT2D eigenvalue weighted by molar-refractivity contribution is 5.89. The zero-order chi connectivity index (χ0) is 22.5. The summed E-state index contributed by atoms with van der Waals surface area (Å²) in [4.78, 5) is 25.8. The molecule has 0 aliphatic carbocycles. The van der Waals surface area contributed by atoms with Crippen molar-refractivity contribution in [1.82, 2.24) is 15.1 Å². The second-order valence-electron chi connectivity index (χ2n) is 7.67. The van der Waals surface area contributed by atoms with Gasteiger partial charge >= 0.3 is 18.0 Å². The van der Waals surface area contributed by atoms with Crippen LogP contribution in [0.4, 0.5) is 15.2 Å². The fraction of sp³-hybridized carbons (Fsp3) is 0.304. The first-order chi connectivity index (χ1) is 15.5. The minimum absolute atomic E-state index is 0.00199. The first-order valence-electron chi connectivity index (χ1n) is 10.3. The Morgan fingerprint density at radius 1 is 1.09 bits per heavy atom. The molecule has 9 heteroatoms. The zero-order valence-electron chi connectivity index (χ0n) is 17.6. The number of ether oxygens (including phenoxy) is 1. The molecule has 1 aliphatic rings. The number of benzene rings is 2. The summed E-state index contributed by atoms with van der Waals surface area (Å²) < 4.78 is 23.2. The van der Waals surface area contributed by atoms with E-state index < -0.39 is 0 Å². The maximum absolute atomic E-state index is 13.0. The van der Waals surface area contributed by atoms with Crippen LogP contribution in [0, 0.1) is 11.7 Å². The molecule has 166 valence electrons. The van der Waals surface area contributed by atoms with Crippen LogP contribution in [0.5, 0.6) is 0 Å². The third kappa shape index (κ3) is 5.11. The fourth-order valence-electron chi connectivity index (χ4n) is 3.72. The van der Waals surface area contributed by atoms with Crippen LogP contribution in [0.1, 0.15) is 28.8 Å². The first kappa shape index (κ1) is 21.5. The van der Waals surface area contributed by atoms with E-state index in [2.05, 4.69) is 15.5 Å². The molecule has 0 radical (unpaired) electrons. The summed E-state index contributed by atoms with van der Waals surface area (Å²) in [6.07, 6.45) is 2.63. The SMILES string of the molecule is COC(=O)c1ccc(CC2CCN(C(=O)Nc3nnc(-c4ccc(F)cc4)o3)CC2)cc1. The molecule has 2 amide bonds. The summed E-state index contributed by atoms with van der Waals surface area (Å²) in [6.45, 7) is 1.24. The number of nitrogens with zero attached hydrogens (tertiary/aromatic N) is 3. The standard InChI is InChI=1S/C23H23FN4O4/c1-31-21(29)18-4-2-15(3-5-18)14-16-10-12-28(13-11-16)23(30)25-22-27-26-20(32-22)17-6-8-19(24)9-7-17/h2-9,16H,10-14H2,1H3,(H,25,27,30). The number of methoxy groups -OCH3 is 1. The highest BCUT2D eigenvalue weighted by Crippen LogP contribution is 2.24. The van der Waals surface area contributed by atoms with Crippen LogP contribution in [0.3, 0.4) is 0 Å². The maximum Gasteiger partial charge on any atom is 0.337 e. The van der Waals surface area contributed by atoms with Crippen molar-refractivity contribution in [3.05, 3.63) is 65.5 Å². The number of halogens is 1. The van der Waals surface area contributed by atoms with Crippen LogP contribution in [-0.2, 0) is 11.2 Å². The number of rotatable bonds is 5. The number of hydrogen-bond donors (Lipinski definition) is 1. The lowest BCUT2D eigenvalue weighted by Gasteiger charge is -2.31. The molecule has 1 aliphatic heterocycles. The van der Waals surface area contributed by atoms with Crippen molar-refractivity contribution in [1.29, 1.82) is 0 Å². The Hall–Kier alpha value is -3.75. The Bertz CT molecular complexity index is 1070. The van der Waals surface area contributed by atoms with Crippen LogP contribution in [0.25, 0.3) is 11.5 Å². The van der Waals surface area contributed by atoms with Crippen LogP contribution in [0.2, 0.25) is 0 Å². The van der Waals surface area contributed by atoms with Gasteiger partial charge in [-0.3, -0.25) is 5.32 Å². The molecule has 32 heavy (non-hydrogen) atoms. The van der Waals surface area contributed by atoms with Crippen molar-refractivity contribution < 1.29 is 23.1 Å². The van der Waals surface area contributed by atoms with E-state index >= 15 is 0 Å². The van der Waals surface area contributed by atoms with Gasteiger partial charge in [0, 0.05) is 18.7 Å². The van der Waals surface area contributed by atoms with E-state index in [1.807, 2.05) is 12.1 Å². The lowest BCUT2D eigenvalue weighted by Crippen LogP contribution is -2.41. The number of esters is 1. The normalized spacial score (nSPS) is 14.2. The van der Waals surface area contributed by atoms with Gasteiger partial charge in [0.1, 0.15) is 5.82 Å². The zero-order valence-corrected chi connectivity index (χ0v) is 17.6. The van der Waals surface area contributed by atoms with Gasteiger partial charge in [0.25, 0.3) is 0 Å². The van der Waals surface area contributed by atoms with Gasteiger partial charge in [-0.15, -0.1) is 5.10 Å². The van der Waals surface area contributed by atoms with Crippen LogP contribution in [-0.4, -0.2) is 47.3 Å². The summed E-state index contributed by atoms with van der Waals surface area (Å²) in [5.41, 5.74) is 2.26. The minimum atomic E-state index is -0.358. The summed E-state index contributed by atoms with van der Waals surface area (Å²) in [6, 6.07) is 12.8. The van der Waals surface area contributed by atoms with Gasteiger partial charge in [0.15, 0.2) is 0 Å². The Kier molecular flexibility index (Phi) is 6.44. The summed E-state index contributed by atoms with van der Waals surface area (Å²) in [5, 5.41) is 10.4. The average molecular weight is 438 g/mol. The molecule has 0 bridgehead atoms. The largest absolute Gasteiger partial charge is 0.465 e. The summed E-state index contributed by atoms with van der Waals surface area (Å²) >= 11 is 0. The second kappa shape index (κ2) is 9.59. The number of piperidine rings is 1. The third-order valence-electron chi connectivity index (χ3n) is 5.53. The molecule has 0 atom stereocenters. The van der Waals surface area contributed by atoms with Crippen molar-refractivity contribution >= 4 is 18.0 Å². The number of carbonyl (C=O) groups is 2. The van der Waals surface area contributed by atoms with Gasteiger partial charge in [-0.05, 0) is 67.1 Å². The lowest BCUT2D eigenvalue weighted by atomic mass is 9.90.